The van der Waals surface area contributed by atoms with E-state index < -0.39 is 11.5 Å². The van der Waals surface area contributed by atoms with Crippen molar-refractivity contribution in [1.29, 1.82) is 0 Å². The van der Waals surface area contributed by atoms with Gasteiger partial charge in [-0.1, -0.05) is 24.3 Å². The van der Waals surface area contributed by atoms with Crippen LogP contribution in [0, 0.1) is 0 Å². The van der Waals surface area contributed by atoms with E-state index in [9.17, 15) is 4.79 Å². The summed E-state index contributed by atoms with van der Waals surface area (Å²) in [6.45, 7) is 0. The van der Waals surface area contributed by atoms with Crippen LogP contribution in [0.2, 0.25) is 0 Å². The molecule has 0 fully saturated rings. The maximum absolute atomic E-state index is 11.0. The predicted octanol–water partition coefficient (Wildman–Crippen LogP) is 1.38. The minimum absolute atomic E-state index is 0. The van der Waals surface area contributed by atoms with Gasteiger partial charge in [-0.2, -0.15) is 0 Å². The Labute approximate surface area is 94.7 Å². The first-order valence-electron chi connectivity index (χ1n) is 4.71. The highest BCUT2D eigenvalue weighted by atomic mass is 35.5. The van der Waals surface area contributed by atoms with E-state index in [0.29, 0.717) is 12.8 Å². The van der Waals surface area contributed by atoms with Gasteiger partial charge in [0, 0.05) is 6.42 Å². The molecule has 0 aliphatic heterocycles. The van der Waals surface area contributed by atoms with Crippen LogP contribution in [0.15, 0.2) is 24.3 Å². The van der Waals surface area contributed by atoms with Gasteiger partial charge in [0.2, 0.25) is 0 Å². The van der Waals surface area contributed by atoms with Crippen molar-refractivity contribution in [3.05, 3.63) is 35.4 Å². The van der Waals surface area contributed by atoms with Gasteiger partial charge in [0.15, 0.2) is 0 Å². The molecule has 1 atom stereocenters. The largest absolute Gasteiger partial charge is 0.480 e. The fourth-order valence-corrected chi connectivity index (χ4v) is 1.94. The van der Waals surface area contributed by atoms with Crippen LogP contribution in [0.25, 0.3) is 0 Å². The summed E-state index contributed by atoms with van der Waals surface area (Å²) in [5, 5.41) is 9.00. The van der Waals surface area contributed by atoms with Crippen LogP contribution >= 0.6 is 12.4 Å². The predicted molar refractivity (Wildman–Crippen MR) is 60.3 cm³/mol. The SMILES string of the molecule is Cl.N[C@]1(C(=O)O)CCc2ccccc2C1. The third-order valence-corrected chi connectivity index (χ3v) is 2.89. The van der Waals surface area contributed by atoms with Gasteiger partial charge in [0.1, 0.15) is 5.54 Å². The molecule has 15 heavy (non-hydrogen) atoms. The Bertz CT molecular complexity index is 381. The standard InChI is InChI=1S/C11H13NO2.ClH/c12-11(10(13)14)6-5-8-3-1-2-4-9(8)7-11;/h1-4H,5-7,12H2,(H,13,14);1H/t11-;/m1./s1. The molecule has 1 aliphatic carbocycles. The number of benzene rings is 1. The smallest absolute Gasteiger partial charge is 0.324 e. The van der Waals surface area contributed by atoms with Crippen LogP contribution in [-0.2, 0) is 17.6 Å². The van der Waals surface area contributed by atoms with Crippen LogP contribution in [0.4, 0.5) is 0 Å². The fraction of sp³-hybridized carbons (Fsp3) is 0.364. The van der Waals surface area contributed by atoms with Crippen molar-refractivity contribution in [2.45, 2.75) is 24.8 Å². The maximum Gasteiger partial charge on any atom is 0.324 e. The minimum atomic E-state index is -1.06. The van der Waals surface area contributed by atoms with Gasteiger partial charge >= 0.3 is 5.97 Å². The highest BCUT2D eigenvalue weighted by molar-refractivity contribution is 5.85. The van der Waals surface area contributed by atoms with Crippen molar-refractivity contribution in [3.63, 3.8) is 0 Å². The number of aryl methyl sites for hydroxylation is 1. The first kappa shape index (κ1) is 12.0. The molecule has 2 rings (SSSR count). The highest BCUT2D eigenvalue weighted by Gasteiger charge is 2.37. The molecule has 0 heterocycles. The lowest BCUT2D eigenvalue weighted by molar-refractivity contribution is -0.143. The average molecular weight is 228 g/mol. The molecule has 0 aromatic heterocycles. The Balaban J connectivity index is 0.00000112. The summed E-state index contributed by atoms with van der Waals surface area (Å²) in [6, 6.07) is 7.89. The fourth-order valence-electron chi connectivity index (χ4n) is 1.94. The monoisotopic (exact) mass is 227 g/mol. The van der Waals surface area contributed by atoms with E-state index >= 15 is 0 Å². The highest BCUT2D eigenvalue weighted by Crippen LogP contribution is 2.26. The number of fused-ring (bicyclic) bond motifs is 1. The van der Waals surface area contributed by atoms with Crippen LogP contribution in [0.5, 0.6) is 0 Å². The second-order valence-electron chi connectivity index (χ2n) is 3.91. The Morgan fingerprint density at radius 1 is 1.33 bits per heavy atom. The molecular formula is C11H14ClNO2. The summed E-state index contributed by atoms with van der Waals surface area (Å²) in [6.07, 6.45) is 1.73. The molecule has 3 nitrogen and oxygen atoms in total. The number of rotatable bonds is 1. The lowest BCUT2D eigenvalue weighted by Gasteiger charge is -2.30. The quantitative estimate of drug-likeness (QED) is 0.762. The molecule has 0 unspecified atom stereocenters. The molecule has 82 valence electrons. The van der Waals surface area contributed by atoms with E-state index in [2.05, 4.69) is 0 Å². The molecule has 1 aliphatic rings. The van der Waals surface area contributed by atoms with E-state index in [1.807, 2.05) is 24.3 Å². The topological polar surface area (TPSA) is 63.3 Å². The summed E-state index contributed by atoms with van der Waals surface area (Å²) >= 11 is 0. The number of halogens is 1. The summed E-state index contributed by atoms with van der Waals surface area (Å²) < 4.78 is 0. The molecule has 0 spiro atoms. The summed E-state index contributed by atoms with van der Waals surface area (Å²) in [4.78, 5) is 11.0. The minimum Gasteiger partial charge on any atom is -0.480 e. The number of hydrogen-bond donors (Lipinski definition) is 2. The first-order chi connectivity index (χ1) is 6.62. The van der Waals surface area contributed by atoms with E-state index in [1.165, 1.54) is 5.56 Å². The zero-order valence-electron chi connectivity index (χ0n) is 8.27. The Kier molecular flexibility index (Phi) is 3.37. The van der Waals surface area contributed by atoms with Crippen molar-refractivity contribution < 1.29 is 9.90 Å². The van der Waals surface area contributed by atoms with Crippen molar-refractivity contribution in [2.75, 3.05) is 0 Å². The van der Waals surface area contributed by atoms with Gasteiger partial charge in [-0.05, 0) is 24.0 Å². The van der Waals surface area contributed by atoms with Crippen molar-refractivity contribution >= 4 is 18.4 Å². The second kappa shape index (κ2) is 4.21. The van der Waals surface area contributed by atoms with Crippen LogP contribution in [0.1, 0.15) is 17.5 Å². The van der Waals surface area contributed by atoms with E-state index in [1.54, 1.807) is 0 Å². The Morgan fingerprint density at radius 2 is 1.93 bits per heavy atom. The van der Waals surface area contributed by atoms with Crippen LogP contribution in [0.3, 0.4) is 0 Å². The second-order valence-corrected chi connectivity index (χ2v) is 3.91. The van der Waals surface area contributed by atoms with Crippen molar-refractivity contribution in [1.82, 2.24) is 0 Å². The molecule has 1 aromatic carbocycles. The van der Waals surface area contributed by atoms with Gasteiger partial charge in [0.25, 0.3) is 0 Å². The summed E-state index contributed by atoms with van der Waals surface area (Å²) in [5.74, 6) is -0.896. The number of carbonyl (C=O) groups is 1. The Hall–Kier alpha value is -1.06. The van der Waals surface area contributed by atoms with E-state index in [-0.39, 0.29) is 12.4 Å². The zero-order valence-corrected chi connectivity index (χ0v) is 9.09. The third kappa shape index (κ3) is 2.13. The molecule has 0 saturated heterocycles. The van der Waals surface area contributed by atoms with Gasteiger partial charge in [-0.15, -0.1) is 12.4 Å². The molecule has 3 N–H and O–H groups in total. The van der Waals surface area contributed by atoms with Gasteiger partial charge in [-0.3, -0.25) is 4.79 Å². The number of nitrogens with two attached hydrogens (primary N) is 1. The van der Waals surface area contributed by atoms with Gasteiger partial charge < -0.3 is 10.8 Å². The van der Waals surface area contributed by atoms with Crippen LogP contribution in [-0.4, -0.2) is 16.6 Å². The normalized spacial score (nSPS) is 23.8. The van der Waals surface area contributed by atoms with Crippen molar-refractivity contribution in [3.8, 4) is 0 Å². The van der Waals surface area contributed by atoms with Crippen LogP contribution < -0.4 is 5.73 Å². The number of aliphatic carboxylic acids is 1. The lowest BCUT2D eigenvalue weighted by atomic mass is 9.79. The zero-order chi connectivity index (χ0) is 10.2. The van der Waals surface area contributed by atoms with Gasteiger partial charge in [0.05, 0.1) is 0 Å². The first-order valence-corrected chi connectivity index (χ1v) is 4.71. The number of hydrogen-bond acceptors (Lipinski definition) is 2. The molecule has 0 bridgehead atoms. The molecular weight excluding hydrogens is 214 g/mol. The summed E-state index contributed by atoms with van der Waals surface area (Å²) in [7, 11) is 0. The molecule has 1 aromatic rings. The number of carboxylic acids is 1. The maximum atomic E-state index is 11.0. The number of carboxylic acid groups (broad SMARTS) is 1. The van der Waals surface area contributed by atoms with Gasteiger partial charge in [-0.25, -0.2) is 0 Å². The third-order valence-electron chi connectivity index (χ3n) is 2.89. The van der Waals surface area contributed by atoms with E-state index in [0.717, 1.165) is 12.0 Å². The summed E-state index contributed by atoms with van der Waals surface area (Å²) in [5.41, 5.74) is 7.06. The molecule has 0 saturated carbocycles. The molecule has 4 heteroatoms. The lowest BCUT2D eigenvalue weighted by Crippen LogP contribution is -2.52. The average Bonchev–Trinajstić information content (AvgIpc) is 2.17. The van der Waals surface area contributed by atoms with E-state index in [4.69, 9.17) is 10.8 Å². The van der Waals surface area contributed by atoms with Crippen molar-refractivity contribution in [2.24, 2.45) is 5.73 Å². The molecule has 0 amide bonds. The molecule has 0 radical (unpaired) electrons. The Morgan fingerprint density at radius 3 is 2.53 bits per heavy atom.